The number of nitrogens with zero attached hydrogens (tertiary/aromatic N) is 2. The summed E-state index contributed by atoms with van der Waals surface area (Å²) in [6.07, 6.45) is 3.71. The Labute approximate surface area is 156 Å². The number of nitro benzene ring substituents is 1. The van der Waals surface area contributed by atoms with Gasteiger partial charge in [-0.3, -0.25) is 14.9 Å². The van der Waals surface area contributed by atoms with Crippen LogP contribution in [0.15, 0.2) is 12.1 Å². The van der Waals surface area contributed by atoms with Gasteiger partial charge in [0.05, 0.1) is 44.0 Å². The quantitative estimate of drug-likeness (QED) is 0.563. The van der Waals surface area contributed by atoms with Crippen molar-refractivity contribution in [1.29, 1.82) is 0 Å². The number of carbonyl (C=O) groups is 1. The van der Waals surface area contributed by atoms with Gasteiger partial charge in [-0.1, -0.05) is 0 Å². The summed E-state index contributed by atoms with van der Waals surface area (Å²) in [5, 5.41) is 22.9. The molecule has 142 valence electrons. The summed E-state index contributed by atoms with van der Waals surface area (Å²) in [5.41, 5.74) is 0.0542. The molecule has 1 amide bonds. The Hall–Kier alpha value is -2.00. The van der Waals surface area contributed by atoms with Crippen LogP contribution in [0, 0.1) is 10.1 Å². The van der Waals surface area contributed by atoms with E-state index in [0.29, 0.717) is 17.9 Å². The number of rotatable bonds is 6. The molecule has 2 heterocycles. The molecule has 8 nitrogen and oxygen atoms in total. The maximum Gasteiger partial charge on any atom is 0.265 e. The van der Waals surface area contributed by atoms with Crippen molar-refractivity contribution < 1.29 is 24.5 Å². The number of likely N-dealkylation sites (tertiary alicyclic amines) is 1. The first-order valence-corrected chi connectivity index (χ1v) is 9.84. The van der Waals surface area contributed by atoms with Gasteiger partial charge in [-0.2, -0.15) is 0 Å². The molecule has 0 spiro atoms. The number of quaternary nitrogens is 1. The molecule has 9 heteroatoms. The Morgan fingerprint density at radius 2 is 2.08 bits per heavy atom. The second-order valence-corrected chi connectivity index (χ2v) is 7.71. The maximum atomic E-state index is 12.3. The van der Waals surface area contributed by atoms with Crippen molar-refractivity contribution in [1.82, 2.24) is 4.90 Å². The van der Waals surface area contributed by atoms with E-state index in [9.17, 15) is 20.0 Å². The van der Waals surface area contributed by atoms with Gasteiger partial charge in [0.1, 0.15) is 11.1 Å². The lowest BCUT2D eigenvalue weighted by atomic mass is 10.1. The number of ether oxygens (including phenoxy) is 1. The van der Waals surface area contributed by atoms with E-state index in [1.165, 1.54) is 55.2 Å². The van der Waals surface area contributed by atoms with Crippen molar-refractivity contribution in [2.75, 3.05) is 39.0 Å². The highest BCUT2D eigenvalue weighted by molar-refractivity contribution is 8.00. The van der Waals surface area contributed by atoms with Crippen LogP contribution in [0.5, 0.6) is 11.5 Å². The molecule has 0 aromatic heterocycles. The summed E-state index contributed by atoms with van der Waals surface area (Å²) in [6.45, 7) is 3.75. The summed E-state index contributed by atoms with van der Waals surface area (Å²) in [7, 11) is 1.31. The molecule has 1 aromatic carbocycles. The molecule has 2 aliphatic rings. The fourth-order valence-electron chi connectivity index (χ4n) is 3.59. The SMILES string of the molecule is COc1cc([C@@H]2SCC(=O)N2CC[NH+]2CCCCC2)cc([N+](=O)[O-])c1[O-]. The molecule has 0 unspecified atom stereocenters. The monoisotopic (exact) mass is 381 g/mol. The van der Waals surface area contributed by atoms with E-state index >= 15 is 0 Å². The van der Waals surface area contributed by atoms with Gasteiger partial charge in [0.2, 0.25) is 5.91 Å². The van der Waals surface area contributed by atoms with Crippen LogP contribution in [0.25, 0.3) is 0 Å². The number of nitro groups is 1. The minimum atomic E-state index is -0.736. The molecule has 1 N–H and O–H groups in total. The Bertz CT molecular complexity index is 693. The van der Waals surface area contributed by atoms with Crippen LogP contribution < -0.4 is 14.7 Å². The zero-order valence-electron chi connectivity index (χ0n) is 14.7. The molecule has 0 saturated carbocycles. The molecule has 1 atom stereocenters. The maximum absolute atomic E-state index is 12.3. The number of carbonyl (C=O) groups excluding carboxylic acids is 1. The normalized spacial score (nSPS) is 21.2. The van der Waals surface area contributed by atoms with Crippen LogP contribution >= 0.6 is 11.8 Å². The van der Waals surface area contributed by atoms with Gasteiger partial charge in [0, 0.05) is 11.8 Å². The largest absolute Gasteiger partial charge is 0.865 e. The van der Waals surface area contributed by atoms with E-state index in [-0.39, 0.29) is 17.0 Å². The average Bonchev–Trinajstić information content (AvgIpc) is 3.01. The molecule has 2 fully saturated rings. The summed E-state index contributed by atoms with van der Waals surface area (Å²) >= 11 is 1.43. The second kappa shape index (κ2) is 8.13. The summed E-state index contributed by atoms with van der Waals surface area (Å²) in [6, 6.07) is 2.80. The Kier molecular flexibility index (Phi) is 5.87. The molecular weight excluding hydrogens is 358 g/mol. The fourth-order valence-corrected chi connectivity index (χ4v) is 4.79. The number of thioether (sulfide) groups is 1. The molecule has 26 heavy (non-hydrogen) atoms. The van der Waals surface area contributed by atoms with E-state index < -0.39 is 16.4 Å². The van der Waals surface area contributed by atoms with Crippen molar-refractivity contribution in [3.05, 3.63) is 27.8 Å². The van der Waals surface area contributed by atoms with Crippen molar-refractivity contribution in [2.45, 2.75) is 24.6 Å². The lowest BCUT2D eigenvalue weighted by Crippen LogP contribution is -3.13. The minimum absolute atomic E-state index is 0.0317. The van der Waals surface area contributed by atoms with E-state index in [0.717, 1.165) is 19.6 Å². The van der Waals surface area contributed by atoms with Crippen LogP contribution in [-0.2, 0) is 4.79 Å². The van der Waals surface area contributed by atoms with Crippen molar-refractivity contribution in [3.8, 4) is 11.5 Å². The van der Waals surface area contributed by atoms with E-state index in [4.69, 9.17) is 4.74 Å². The van der Waals surface area contributed by atoms with Gasteiger partial charge < -0.3 is 19.6 Å². The third-order valence-electron chi connectivity index (χ3n) is 4.99. The highest BCUT2D eigenvalue weighted by atomic mass is 32.2. The Morgan fingerprint density at radius 3 is 2.73 bits per heavy atom. The van der Waals surface area contributed by atoms with Gasteiger partial charge in [-0.05, 0) is 30.9 Å². The number of hydrogen-bond acceptors (Lipinski definition) is 6. The topological polar surface area (TPSA) is 100 Å². The van der Waals surface area contributed by atoms with Crippen molar-refractivity contribution in [2.24, 2.45) is 0 Å². The molecule has 1 aromatic rings. The zero-order valence-corrected chi connectivity index (χ0v) is 15.5. The standard InChI is InChI=1S/C17H23N3O5S/c1-25-14-10-12(9-13(16(14)22)20(23)24)17-19(15(21)11-26-17)8-7-18-5-3-2-4-6-18/h9-10,17,22H,2-8,11H2,1H3/t17-/m0/s1. The zero-order chi connectivity index (χ0) is 18.7. The van der Waals surface area contributed by atoms with E-state index in [1.807, 2.05) is 0 Å². The van der Waals surface area contributed by atoms with E-state index in [2.05, 4.69) is 0 Å². The van der Waals surface area contributed by atoms with Crippen LogP contribution in [-0.4, -0.2) is 54.8 Å². The Balaban J connectivity index is 1.81. The lowest BCUT2D eigenvalue weighted by Gasteiger charge is -2.29. The Morgan fingerprint density at radius 1 is 1.35 bits per heavy atom. The molecule has 2 aliphatic heterocycles. The number of nitrogens with one attached hydrogen (secondary N) is 1. The molecular formula is C17H23N3O5S. The second-order valence-electron chi connectivity index (χ2n) is 6.64. The van der Waals surface area contributed by atoms with Crippen LogP contribution in [0.2, 0.25) is 0 Å². The third-order valence-corrected chi connectivity index (χ3v) is 6.25. The summed E-state index contributed by atoms with van der Waals surface area (Å²) in [4.78, 5) is 26.1. The van der Waals surface area contributed by atoms with Gasteiger partial charge in [0.15, 0.2) is 0 Å². The molecule has 3 rings (SSSR count). The summed E-state index contributed by atoms with van der Waals surface area (Å²) in [5.74, 6) is -0.422. The van der Waals surface area contributed by atoms with Crippen molar-refractivity contribution >= 4 is 23.4 Å². The fraction of sp³-hybridized carbons (Fsp3) is 0.588. The molecule has 0 bridgehead atoms. The van der Waals surface area contributed by atoms with Gasteiger partial charge in [0.25, 0.3) is 5.69 Å². The number of methoxy groups -OCH3 is 1. The van der Waals surface area contributed by atoms with Gasteiger partial charge in [-0.15, -0.1) is 11.8 Å². The van der Waals surface area contributed by atoms with Gasteiger partial charge in [-0.25, -0.2) is 0 Å². The van der Waals surface area contributed by atoms with Crippen LogP contribution in [0.1, 0.15) is 30.2 Å². The molecule has 0 radical (unpaired) electrons. The van der Waals surface area contributed by atoms with Crippen LogP contribution in [0.4, 0.5) is 5.69 Å². The predicted octanol–water partition coefficient (Wildman–Crippen LogP) is 0.320. The number of piperidine rings is 1. The number of benzene rings is 1. The highest BCUT2D eigenvalue weighted by Gasteiger charge is 2.35. The predicted molar refractivity (Wildman–Crippen MR) is 95.4 cm³/mol. The first kappa shape index (κ1) is 18.8. The third kappa shape index (κ3) is 3.88. The number of amides is 1. The first-order chi connectivity index (χ1) is 12.5. The average molecular weight is 381 g/mol. The van der Waals surface area contributed by atoms with Crippen molar-refractivity contribution in [3.63, 3.8) is 0 Å². The molecule has 0 aliphatic carbocycles. The number of hydrogen-bond donors (Lipinski definition) is 1. The van der Waals surface area contributed by atoms with Crippen LogP contribution in [0.3, 0.4) is 0 Å². The smallest absolute Gasteiger partial charge is 0.265 e. The highest BCUT2D eigenvalue weighted by Crippen LogP contribution is 2.43. The van der Waals surface area contributed by atoms with Gasteiger partial charge >= 0.3 is 0 Å². The summed E-state index contributed by atoms with van der Waals surface area (Å²) < 4.78 is 5.02. The minimum Gasteiger partial charge on any atom is -0.865 e. The molecule has 2 saturated heterocycles. The lowest BCUT2D eigenvalue weighted by molar-refractivity contribution is -0.904. The first-order valence-electron chi connectivity index (χ1n) is 8.79. The van der Waals surface area contributed by atoms with E-state index in [1.54, 1.807) is 4.90 Å².